The van der Waals surface area contributed by atoms with Crippen molar-refractivity contribution in [3.05, 3.63) is 16.4 Å². The summed E-state index contributed by atoms with van der Waals surface area (Å²) in [6.45, 7) is 4.25. The van der Waals surface area contributed by atoms with Gasteiger partial charge in [0.1, 0.15) is 5.15 Å². The maximum atomic E-state index is 6.12. The molecule has 0 bridgehead atoms. The molecule has 1 aromatic rings. The van der Waals surface area contributed by atoms with Gasteiger partial charge in [-0.05, 0) is 32.4 Å². The van der Waals surface area contributed by atoms with Gasteiger partial charge in [-0.1, -0.05) is 11.6 Å². The number of halogens is 1. The van der Waals surface area contributed by atoms with Crippen LogP contribution >= 0.6 is 11.6 Å². The van der Waals surface area contributed by atoms with Crippen molar-refractivity contribution in [1.29, 1.82) is 0 Å². The van der Waals surface area contributed by atoms with Gasteiger partial charge < -0.3 is 5.32 Å². The number of hydrogen-bond donors (Lipinski definition) is 1. The summed E-state index contributed by atoms with van der Waals surface area (Å²) in [6, 6.07) is 0. The quantitative estimate of drug-likeness (QED) is 0.775. The highest BCUT2D eigenvalue weighted by Crippen LogP contribution is 2.23. The summed E-state index contributed by atoms with van der Waals surface area (Å²) < 4.78 is 1.75. The average Bonchev–Trinajstić information content (AvgIpc) is 2.21. The predicted molar refractivity (Wildman–Crippen MR) is 53.0 cm³/mol. The monoisotopic (exact) mass is 199 g/mol. The van der Waals surface area contributed by atoms with Crippen LogP contribution in [0.1, 0.15) is 11.3 Å². The Morgan fingerprint density at radius 1 is 1.62 bits per heavy atom. The summed E-state index contributed by atoms with van der Waals surface area (Å²) in [5.41, 5.74) is 2.29. The Morgan fingerprint density at radius 2 is 2.31 bits per heavy atom. The fourth-order valence-electron chi connectivity index (χ4n) is 1.69. The third kappa shape index (κ3) is 1.58. The van der Waals surface area contributed by atoms with E-state index in [1.165, 1.54) is 5.56 Å². The molecule has 0 aromatic carbocycles. The van der Waals surface area contributed by atoms with Crippen LogP contribution in [-0.4, -0.2) is 22.9 Å². The van der Waals surface area contributed by atoms with Crippen LogP contribution in [0.15, 0.2) is 0 Å². The third-order valence-corrected chi connectivity index (χ3v) is 3.10. The molecule has 0 unspecified atom stereocenters. The molecule has 1 aliphatic heterocycles. The summed E-state index contributed by atoms with van der Waals surface area (Å²) >= 11 is 6.12. The van der Waals surface area contributed by atoms with Crippen LogP contribution in [0.25, 0.3) is 0 Å². The van der Waals surface area contributed by atoms with E-state index in [1.54, 1.807) is 4.68 Å². The van der Waals surface area contributed by atoms with Gasteiger partial charge in [-0.2, -0.15) is 5.10 Å². The average molecular weight is 200 g/mol. The zero-order valence-corrected chi connectivity index (χ0v) is 8.73. The molecular formula is C9H14ClN3. The fraction of sp³-hybridized carbons (Fsp3) is 0.667. The first-order chi connectivity index (χ1) is 6.18. The second kappa shape index (κ2) is 3.31. The summed E-state index contributed by atoms with van der Waals surface area (Å²) in [4.78, 5) is 0. The molecule has 13 heavy (non-hydrogen) atoms. The van der Waals surface area contributed by atoms with Gasteiger partial charge in [-0.25, -0.2) is 0 Å². The number of hydrogen-bond acceptors (Lipinski definition) is 2. The highest BCUT2D eigenvalue weighted by molar-refractivity contribution is 6.30. The van der Waals surface area contributed by atoms with Crippen molar-refractivity contribution < 1.29 is 0 Å². The molecule has 3 nitrogen and oxygen atoms in total. The van der Waals surface area contributed by atoms with Crippen molar-refractivity contribution in [3.63, 3.8) is 0 Å². The first-order valence-corrected chi connectivity index (χ1v) is 4.95. The minimum absolute atomic E-state index is 0.750. The Morgan fingerprint density at radius 3 is 2.69 bits per heavy atom. The Kier molecular flexibility index (Phi) is 2.30. The molecule has 1 fully saturated rings. The maximum Gasteiger partial charge on any atom is 0.130 e. The molecule has 1 N–H and O–H groups in total. The summed E-state index contributed by atoms with van der Waals surface area (Å²) in [7, 11) is 1.89. The summed E-state index contributed by atoms with van der Waals surface area (Å²) in [5, 5.41) is 8.34. The lowest BCUT2D eigenvalue weighted by atomic mass is 9.95. The second-order valence-corrected chi connectivity index (χ2v) is 4.06. The molecule has 1 aromatic heterocycles. The predicted octanol–water partition coefficient (Wildman–Crippen LogP) is 1.14. The highest BCUT2D eigenvalue weighted by atomic mass is 35.5. The molecule has 0 spiro atoms. The lowest BCUT2D eigenvalue weighted by Gasteiger charge is -2.26. The summed E-state index contributed by atoms with van der Waals surface area (Å²) in [5.74, 6) is 0.750. The van der Waals surface area contributed by atoms with E-state index in [4.69, 9.17) is 11.6 Å². The van der Waals surface area contributed by atoms with Crippen LogP contribution in [0, 0.1) is 12.8 Å². The molecular weight excluding hydrogens is 186 g/mol. The van der Waals surface area contributed by atoms with Crippen molar-refractivity contribution in [2.75, 3.05) is 13.1 Å². The molecule has 72 valence electrons. The molecule has 1 aliphatic rings. The molecule has 0 radical (unpaired) electrons. The topological polar surface area (TPSA) is 29.9 Å². The number of rotatable bonds is 2. The lowest BCUT2D eigenvalue weighted by Crippen LogP contribution is -2.43. The molecule has 0 aliphatic carbocycles. The molecule has 0 amide bonds. The fourth-order valence-corrected chi connectivity index (χ4v) is 1.94. The van der Waals surface area contributed by atoms with Gasteiger partial charge in [0.05, 0.1) is 5.69 Å². The van der Waals surface area contributed by atoms with Crippen LogP contribution in [0.3, 0.4) is 0 Å². The van der Waals surface area contributed by atoms with E-state index in [9.17, 15) is 0 Å². The molecule has 2 heterocycles. The standard InChI is InChI=1S/C9H14ClN3/c1-6-8(3-7-4-11-5-7)9(10)13(2)12-6/h7,11H,3-5H2,1-2H3. The SMILES string of the molecule is Cc1nn(C)c(Cl)c1CC1CNC1. The van der Waals surface area contributed by atoms with Crippen molar-refractivity contribution in [2.24, 2.45) is 13.0 Å². The van der Waals surface area contributed by atoms with E-state index >= 15 is 0 Å². The van der Waals surface area contributed by atoms with E-state index in [2.05, 4.69) is 10.4 Å². The molecule has 0 saturated carbocycles. The normalized spacial score (nSPS) is 17.5. The van der Waals surface area contributed by atoms with Gasteiger partial charge in [0.2, 0.25) is 0 Å². The van der Waals surface area contributed by atoms with Crippen molar-refractivity contribution >= 4 is 11.6 Å². The van der Waals surface area contributed by atoms with Crippen LogP contribution in [0.5, 0.6) is 0 Å². The minimum atomic E-state index is 0.750. The van der Waals surface area contributed by atoms with Crippen LogP contribution in [-0.2, 0) is 13.5 Å². The van der Waals surface area contributed by atoms with Gasteiger partial charge in [0.25, 0.3) is 0 Å². The van der Waals surface area contributed by atoms with Gasteiger partial charge in [-0.3, -0.25) is 4.68 Å². The lowest BCUT2D eigenvalue weighted by molar-refractivity contribution is 0.346. The number of aryl methyl sites for hydroxylation is 2. The number of aromatic nitrogens is 2. The van der Waals surface area contributed by atoms with Crippen molar-refractivity contribution in [3.8, 4) is 0 Å². The number of nitrogens with zero attached hydrogens (tertiary/aromatic N) is 2. The zero-order chi connectivity index (χ0) is 9.42. The Hall–Kier alpha value is -0.540. The molecule has 4 heteroatoms. The van der Waals surface area contributed by atoms with E-state index in [-0.39, 0.29) is 0 Å². The summed E-state index contributed by atoms with van der Waals surface area (Å²) in [6.07, 6.45) is 1.06. The van der Waals surface area contributed by atoms with E-state index in [1.807, 2.05) is 14.0 Å². The van der Waals surface area contributed by atoms with Crippen molar-refractivity contribution in [1.82, 2.24) is 15.1 Å². The Labute approximate surface area is 83.1 Å². The first kappa shape index (κ1) is 9.03. The van der Waals surface area contributed by atoms with Gasteiger partial charge in [-0.15, -0.1) is 0 Å². The maximum absolute atomic E-state index is 6.12. The van der Waals surface area contributed by atoms with Crippen LogP contribution < -0.4 is 5.32 Å². The van der Waals surface area contributed by atoms with Gasteiger partial charge in [0.15, 0.2) is 0 Å². The van der Waals surface area contributed by atoms with Gasteiger partial charge in [0, 0.05) is 12.6 Å². The molecule has 0 atom stereocenters. The second-order valence-electron chi connectivity index (χ2n) is 3.71. The highest BCUT2D eigenvalue weighted by Gasteiger charge is 2.21. The number of nitrogens with one attached hydrogen (secondary N) is 1. The van der Waals surface area contributed by atoms with Crippen molar-refractivity contribution in [2.45, 2.75) is 13.3 Å². The van der Waals surface area contributed by atoms with E-state index in [0.717, 1.165) is 36.3 Å². The van der Waals surface area contributed by atoms with E-state index in [0.29, 0.717) is 0 Å². The largest absolute Gasteiger partial charge is 0.316 e. The van der Waals surface area contributed by atoms with Crippen LogP contribution in [0.2, 0.25) is 5.15 Å². The van der Waals surface area contributed by atoms with E-state index < -0.39 is 0 Å². The molecule has 1 saturated heterocycles. The minimum Gasteiger partial charge on any atom is -0.316 e. The smallest absolute Gasteiger partial charge is 0.130 e. The first-order valence-electron chi connectivity index (χ1n) is 4.57. The third-order valence-electron chi connectivity index (χ3n) is 2.63. The van der Waals surface area contributed by atoms with Gasteiger partial charge >= 0.3 is 0 Å². The van der Waals surface area contributed by atoms with Crippen LogP contribution in [0.4, 0.5) is 0 Å². The Bertz CT molecular complexity index is 315. The Balaban J connectivity index is 2.17. The molecule has 2 rings (SSSR count). The zero-order valence-electron chi connectivity index (χ0n) is 7.97.